The summed E-state index contributed by atoms with van der Waals surface area (Å²) in [6, 6.07) is 9.94. The Morgan fingerprint density at radius 1 is 1.29 bits per heavy atom. The summed E-state index contributed by atoms with van der Waals surface area (Å²) >= 11 is 0. The lowest BCUT2D eigenvalue weighted by Gasteiger charge is -1.99. The van der Waals surface area contributed by atoms with Crippen molar-refractivity contribution in [3.05, 3.63) is 41.3 Å². The Kier molecular flexibility index (Phi) is 4.60. The molecule has 0 fully saturated rings. The second-order valence-corrected chi connectivity index (χ2v) is 5.02. The highest BCUT2D eigenvalue weighted by atomic mass is 32.2. The smallest absolute Gasteiger partial charge is 0.0458 e. The monoisotopic (exact) mass is 208 g/mol. The molecule has 0 aliphatic rings. The van der Waals surface area contributed by atoms with Gasteiger partial charge in [0.15, 0.2) is 0 Å². The molecule has 1 atom stereocenters. The molecule has 0 bridgehead atoms. The van der Waals surface area contributed by atoms with E-state index in [0.29, 0.717) is 5.92 Å². The van der Waals surface area contributed by atoms with E-state index < -0.39 is 10.8 Å². The van der Waals surface area contributed by atoms with Gasteiger partial charge in [-0.2, -0.15) is 0 Å². The molecule has 1 aromatic rings. The van der Waals surface area contributed by atoms with Crippen molar-refractivity contribution in [1.82, 2.24) is 0 Å². The quantitative estimate of drug-likeness (QED) is 0.743. The third-order valence-corrected chi connectivity index (χ3v) is 3.14. The fraction of sp³-hybridized carbons (Fsp3) is 0.333. The summed E-state index contributed by atoms with van der Waals surface area (Å²) in [5, 5.41) is 1.77. The minimum Gasteiger partial charge on any atom is -0.255 e. The van der Waals surface area contributed by atoms with Gasteiger partial charge in [0.25, 0.3) is 0 Å². The molecule has 0 heterocycles. The van der Waals surface area contributed by atoms with Crippen LogP contribution in [0, 0.1) is 5.92 Å². The Morgan fingerprint density at radius 3 is 2.50 bits per heavy atom. The molecule has 1 unspecified atom stereocenters. The SMILES string of the molecule is CC(C)CS(=O)/C=C\c1ccccc1. The zero-order valence-electron chi connectivity index (χ0n) is 8.64. The number of benzene rings is 1. The lowest BCUT2D eigenvalue weighted by atomic mass is 10.2. The first-order valence-electron chi connectivity index (χ1n) is 4.79. The predicted molar refractivity (Wildman–Crippen MR) is 63.3 cm³/mol. The molecule has 2 heteroatoms. The first kappa shape index (κ1) is 11.2. The molecule has 0 aromatic heterocycles. The molecule has 0 amide bonds. The Bertz CT molecular complexity index is 314. The van der Waals surface area contributed by atoms with E-state index in [0.717, 1.165) is 11.3 Å². The molecule has 0 aliphatic carbocycles. The van der Waals surface area contributed by atoms with E-state index in [-0.39, 0.29) is 0 Å². The van der Waals surface area contributed by atoms with Crippen LogP contribution in [0.3, 0.4) is 0 Å². The van der Waals surface area contributed by atoms with Gasteiger partial charge in [0.05, 0.1) is 0 Å². The minimum absolute atomic E-state index is 0.483. The fourth-order valence-corrected chi connectivity index (χ4v) is 2.18. The number of rotatable bonds is 4. The molecule has 0 saturated heterocycles. The van der Waals surface area contributed by atoms with E-state index in [9.17, 15) is 4.21 Å². The largest absolute Gasteiger partial charge is 0.255 e. The second-order valence-electron chi connectivity index (χ2n) is 3.65. The van der Waals surface area contributed by atoms with Crippen LogP contribution in [0.25, 0.3) is 6.08 Å². The standard InChI is InChI=1S/C12H16OS/c1-11(2)10-14(13)9-8-12-6-4-3-5-7-12/h3-9,11H,10H2,1-2H3/b9-8-. The van der Waals surface area contributed by atoms with Crippen LogP contribution in [0.5, 0.6) is 0 Å². The van der Waals surface area contributed by atoms with Gasteiger partial charge < -0.3 is 0 Å². The maximum Gasteiger partial charge on any atom is 0.0458 e. The molecule has 76 valence electrons. The van der Waals surface area contributed by atoms with Gasteiger partial charge in [0.2, 0.25) is 0 Å². The molecule has 1 rings (SSSR count). The summed E-state index contributed by atoms with van der Waals surface area (Å²) in [5.41, 5.74) is 1.10. The summed E-state index contributed by atoms with van der Waals surface area (Å²) in [6.07, 6.45) is 1.92. The van der Waals surface area contributed by atoms with Crippen LogP contribution in [-0.2, 0) is 10.8 Å². The van der Waals surface area contributed by atoms with E-state index in [1.807, 2.05) is 36.4 Å². The molecule has 14 heavy (non-hydrogen) atoms. The molecule has 1 aromatic carbocycles. The maximum absolute atomic E-state index is 11.5. The number of hydrogen-bond donors (Lipinski definition) is 0. The topological polar surface area (TPSA) is 17.1 Å². The second kappa shape index (κ2) is 5.76. The summed E-state index contributed by atoms with van der Waals surface area (Å²) in [4.78, 5) is 0. The molecular formula is C12H16OS. The summed E-state index contributed by atoms with van der Waals surface area (Å²) in [5.74, 6) is 1.22. The summed E-state index contributed by atoms with van der Waals surface area (Å²) in [7, 11) is -0.831. The average Bonchev–Trinajstić information content (AvgIpc) is 2.15. The fourth-order valence-electron chi connectivity index (χ4n) is 1.10. The zero-order chi connectivity index (χ0) is 10.4. The zero-order valence-corrected chi connectivity index (χ0v) is 9.46. The van der Waals surface area contributed by atoms with E-state index >= 15 is 0 Å². The Balaban J connectivity index is 2.52. The predicted octanol–water partition coefficient (Wildman–Crippen LogP) is 3.06. The van der Waals surface area contributed by atoms with Gasteiger partial charge in [-0.25, -0.2) is 0 Å². The third-order valence-electron chi connectivity index (χ3n) is 1.71. The lowest BCUT2D eigenvalue weighted by Crippen LogP contribution is -2.00. The molecule has 1 nitrogen and oxygen atoms in total. The van der Waals surface area contributed by atoms with Gasteiger partial charge in [0, 0.05) is 22.0 Å². The van der Waals surface area contributed by atoms with Crippen molar-refractivity contribution in [3.63, 3.8) is 0 Å². The van der Waals surface area contributed by atoms with E-state index in [2.05, 4.69) is 13.8 Å². The third kappa shape index (κ3) is 4.38. The van der Waals surface area contributed by atoms with Crippen LogP contribution in [-0.4, -0.2) is 9.96 Å². The van der Waals surface area contributed by atoms with Gasteiger partial charge in [-0.1, -0.05) is 44.2 Å². The molecular weight excluding hydrogens is 192 g/mol. The highest BCUT2D eigenvalue weighted by molar-refractivity contribution is 7.88. The van der Waals surface area contributed by atoms with Gasteiger partial charge in [-0.3, -0.25) is 4.21 Å². The minimum atomic E-state index is -0.831. The molecule has 0 aliphatic heterocycles. The summed E-state index contributed by atoms with van der Waals surface area (Å²) in [6.45, 7) is 4.16. The van der Waals surface area contributed by atoms with Crippen molar-refractivity contribution in [1.29, 1.82) is 0 Å². The highest BCUT2D eigenvalue weighted by Gasteiger charge is 1.98. The average molecular weight is 208 g/mol. The summed E-state index contributed by atoms with van der Waals surface area (Å²) < 4.78 is 11.5. The Hall–Kier alpha value is -0.890. The number of hydrogen-bond acceptors (Lipinski definition) is 1. The van der Waals surface area contributed by atoms with Crippen molar-refractivity contribution >= 4 is 16.9 Å². The Labute approximate surface area is 88.3 Å². The van der Waals surface area contributed by atoms with Crippen molar-refractivity contribution in [2.45, 2.75) is 13.8 Å². The van der Waals surface area contributed by atoms with Gasteiger partial charge >= 0.3 is 0 Å². The van der Waals surface area contributed by atoms with Gasteiger partial charge in [0.1, 0.15) is 0 Å². The van der Waals surface area contributed by atoms with Crippen LogP contribution >= 0.6 is 0 Å². The molecule has 0 spiro atoms. The van der Waals surface area contributed by atoms with Gasteiger partial charge in [-0.15, -0.1) is 0 Å². The van der Waals surface area contributed by atoms with Crippen molar-refractivity contribution in [2.75, 3.05) is 5.75 Å². The Morgan fingerprint density at radius 2 is 1.93 bits per heavy atom. The van der Waals surface area contributed by atoms with Crippen molar-refractivity contribution in [2.24, 2.45) is 5.92 Å². The first-order valence-corrected chi connectivity index (χ1v) is 6.17. The van der Waals surface area contributed by atoms with Crippen molar-refractivity contribution in [3.8, 4) is 0 Å². The van der Waals surface area contributed by atoms with E-state index in [1.54, 1.807) is 5.41 Å². The molecule has 0 radical (unpaired) electrons. The normalized spacial score (nSPS) is 13.6. The van der Waals surface area contributed by atoms with E-state index in [4.69, 9.17) is 0 Å². The van der Waals surface area contributed by atoms with Crippen LogP contribution in [0.1, 0.15) is 19.4 Å². The van der Waals surface area contributed by atoms with Crippen molar-refractivity contribution < 1.29 is 4.21 Å². The van der Waals surface area contributed by atoms with Crippen LogP contribution in [0.4, 0.5) is 0 Å². The molecule has 0 saturated carbocycles. The van der Waals surface area contributed by atoms with Gasteiger partial charge in [-0.05, 0) is 17.6 Å². The van der Waals surface area contributed by atoms with Crippen LogP contribution in [0.2, 0.25) is 0 Å². The molecule has 0 N–H and O–H groups in total. The first-order chi connectivity index (χ1) is 6.68. The highest BCUT2D eigenvalue weighted by Crippen LogP contribution is 2.03. The van der Waals surface area contributed by atoms with Crippen LogP contribution < -0.4 is 0 Å². The maximum atomic E-state index is 11.5. The lowest BCUT2D eigenvalue weighted by molar-refractivity contribution is 0.670. The van der Waals surface area contributed by atoms with E-state index in [1.165, 1.54) is 0 Å². The van der Waals surface area contributed by atoms with Crippen LogP contribution in [0.15, 0.2) is 35.7 Å².